The zero-order valence-electron chi connectivity index (χ0n) is 21.0. The third-order valence-corrected chi connectivity index (χ3v) is 6.66. The average Bonchev–Trinajstić information content (AvgIpc) is 2.83. The third-order valence-electron chi connectivity index (χ3n) is 6.66. The van der Waals surface area contributed by atoms with Gasteiger partial charge in [-0.3, -0.25) is 14.5 Å². The minimum atomic E-state index is -0.648. The highest BCUT2D eigenvalue weighted by Gasteiger charge is 2.40. The first-order valence-electron chi connectivity index (χ1n) is 12.3. The first kappa shape index (κ1) is 24.8. The molecule has 2 aromatic rings. The van der Waals surface area contributed by atoms with Crippen molar-refractivity contribution in [2.24, 2.45) is 5.92 Å². The molecule has 4 rings (SSSR count). The van der Waals surface area contributed by atoms with Crippen molar-refractivity contribution in [1.82, 2.24) is 9.80 Å². The van der Waals surface area contributed by atoms with Crippen molar-refractivity contribution in [3.05, 3.63) is 65.2 Å². The fourth-order valence-electron chi connectivity index (χ4n) is 4.71. The molecule has 1 unspecified atom stereocenters. The van der Waals surface area contributed by atoms with E-state index < -0.39 is 17.7 Å². The van der Waals surface area contributed by atoms with Gasteiger partial charge in [0, 0.05) is 31.1 Å². The van der Waals surface area contributed by atoms with Crippen LogP contribution in [0, 0.1) is 12.8 Å². The summed E-state index contributed by atoms with van der Waals surface area (Å²) < 4.78 is 5.64. The maximum absolute atomic E-state index is 13.6. The zero-order valence-corrected chi connectivity index (χ0v) is 21.0. The summed E-state index contributed by atoms with van der Waals surface area (Å²) in [4.78, 5) is 42.8. The fraction of sp³-hybridized carbons (Fsp3) is 0.464. The van der Waals surface area contributed by atoms with Crippen LogP contribution >= 0.6 is 0 Å². The predicted molar refractivity (Wildman–Crippen MR) is 135 cm³/mol. The number of aryl methyl sites for hydroxylation is 1. The minimum absolute atomic E-state index is 0.0112. The van der Waals surface area contributed by atoms with Gasteiger partial charge in [-0.1, -0.05) is 42.0 Å². The molecule has 2 heterocycles. The molecule has 0 bridgehead atoms. The number of benzene rings is 2. The molecule has 1 saturated heterocycles. The van der Waals surface area contributed by atoms with Crippen molar-refractivity contribution >= 4 is 23.6 Å². The Labute approximate surface area is 207 Å². The Morgan fingerprint density at radius 1 is 0.943 bits per heavy atom. The number of nitrogens with one attached hydrogen (secondary N) is 1. The molecule has 0 radical (unpaired) electrons. The summed E-state index contributed by atoms with van der Waals surface area (Å²) in [5, 5.41) is 2.99. The van der Waals surface area contributed by atoms with Gasteiger partial charge in [-0.15, -0.1) is 0 Å². The van der Waals surface area contributed by atoms with Crippen molar-refractivity contribution in [2.75, 3.05) is 18.4 Å². The largest absolute Gasteiger partial charge is 0.444 e. The summed E-state index contributed by atoms with van der Waals surface area (Å²) in [5.74, 6) is -0.236. The summed E-state index contributed by atoms with van der Waals surface area (Å²) in [6, 6.07) is 15.0. The summed E-state index contributed by atoms with van der Waals surface area (Å²) in [7, 11) is 0. The Kier molecular flexibility index (Phi) is 7.15. The molecular weight excluding hydrogens is 442 g/mol. The van der Waals surface area contributed by atoms with Crippen molar-refractivity contribution in [2.45, 2.75) is 65.1 Å². The van der Waals surface area contributed by atoms with Gasteiger partial charge in [0.2, 0.25) is 11.8 Å². The number of piperidine rings is 1. The number of hydrogen-bond donors (Lipinski definition) is 1. The van der Waals surface area contributed by atoms with E-state index in [1.54, 1.807) is 9.80 Å². The molecule has 0 spiro atoms. The lowest BCUT2D eigenvalue weighted by atomic mass is 9.91. The van der Waals surface area contributed by atoms with Crippen LogP contribution in [-0.2, 0) is 27.3 Å². The molecular formula is C28H35N3O4. The Hall–Kier alpha value is -3.35. The highest BCUT2D eigenvalue weighted by molar-refractivity contribution is 5.93. The first-order chi connectivity index (χ1) is 16.6. The van der Waals surface area contributed by atoms with Crippen molar-refractivity contribution in [3.8, 4) is 0 Å². The lowest BCUT2D eigenvalue weighted by Gasteiger charge is -2.40. The summed E-state index contributed by atoms with van der Waals surface area (Å²) >= 11 is 0. The topological polar surface area (TPSA) is 79.0 Å². The number of carbonyl (C=O) groups is 3. The molecule has 186 valence electrons. The molecule has 0 saturated carbocycles. The third kappa shape index (κ3) is 6.02. The van der Waals surface area contributed by atoms with E-state index in [0.29, 0.717) is 38.9 Å². The highest BCUT2D eigenvalue weighted by atomic mass is 16.6. The van der Waals surface area contributed by atoms with Gasteiger partial charge >= 0.3 is 6.09 Å². The van der Waals surface area contributed by atoms with Crippen molar-refractivity contribution in [3.63, 3.8) is 0 Å². The minimum Gasteiger partial charge on any atom is -0.444 e. The van der Waals surface area contributed by atoms with E-state index in [2.05, 4.69) is 5.32 Å². The normalized spacial score (nSPS) is 18.6. The molecule has 1 atom stereocenters. The number of rotatable bonds is 3. The van der Waals surface area contributed by atoms with Crippen LogP contribution in [0.25, 0.3) is 0 Å². The number of fused-ring (bicyclic) bond motifs is 1. The van der Waals surface area contributed by atoms with Crippen LogP contribution in [0.3, 0.4) is 0 Å². The van der Waals surface area contributed by atoms with Gasteiger partial charge in [0.1, 0.15) is 11.6 Å². The van der Waals surface area contributed by atoms with Gasteiger partial charge in [-0.25, -0.2) is 4.79 Å². The first-order valence-corrected chi connectivity index (χ1v) is 12.3. The van der Waals surface area contributed by atoms with Crippen molar-refractivity contribution < 1.29 is 19.1 Å². The molecule has 7 nitrogen and oxygen atoms in total. The highest BCUT2D eigenvalue weighted by Crippen LogP contribution is 2.28. The van der Waals surface area contributed by atoms with E-state index in [9.17, 15) is 14.4 Å². The molecule has 0 aromatic heterocycles. The quantitative estimate of drug-likeness (QED) is 0.704. The van der Waals surface area contributed by atoms with E-state index in [1.807, 2.05) is 76.2 Å². The van der Waals surface area contributed by atoms with Crippen LogP contribution in [0.15, 0.2) is 48.5 Å². The predicted octanol–water partition coefficient (Wildman–Crippen LogP) is 4.53. The van der Waals surface area contributed by atoms with Crippen LogP contribution in [0.1, 0.15) is 50.3 Å². The van der Waals surface area contributed by atoms with Gasteiger partial charge < -0.3 is 15.0 Å². The summed E-state index contributed by atoms with van der Waals surface area (Å²) in [6.07, 6.45) is 1.18. The lowest BCUT2D eigenvalue weighted by molar-refractivity contribution is -0.140. The molecule has 2 aromatic carbocycles. The van der Waals surface area contributed by atoms with Gasteiger partial charge in [-0.05, 0) is 63.8 Å². The van der Waals surface area contributed by atoms with Crippen LogP contribution in [0.5, 0.6) is 0 Å². The number of carbonyl (C=O) groups excluding carboxylic acids is 3. The van der Waals surface area contributed by atoms with Crippen LogP contribution in [-0.4, -0.2) is 52.4 Å². The molecule has 1 fully saturated rings. The van der Waals surface area contributed by atoms with Gasteiger partial charge in [-0.2, -0.15) is 0 Å². The van der Waals surface area contributed by atoms with Crippen molar-refractivity contribution in [1.29, 1.82) is 0 Å². The molecule has 2 aliphatic rings. The number of anilines is 1. The average molecular weight is 478 g/mol. The Balaban J connectivity index is 1.42. The van der Waals surface area contributed by atoms with Gasteiger partial charge in [0.05, 0.1) is 6.54 Å². The monoisotopic (exact) mass is 477 g/mol. The molecule has 0 aliphatic carbocycles. The number of amides is 3. The van der Waals surface area contributed by atoms with Crippen LogP contribution < -0.4 is 5.32 Å². The number of ether oxygens (including phenoxy) is 1. The molecule has 3 amide bonds. The number of likely N-dealkylation sites (tertiary alicyclic amines) is 1. The van der Waals surface area contributed by atoms with E-state index in [4.69, 9.17) is 4.74 Å². The number of hydrogen-bond acceptors (Lipinski definition) is 4. The Bertz CT molecular complexity index is 1080. The smallest absolute Gasteiger partial charge is 0.411 e. The Morgan fingerprint density at radius 2 is 1.57 bits per heavy atom. The van der Waals surface area contributed by atoms with Gasteiger partial charge in [0.25, 0.3) is 0 Å². The lowest BCUT2D eigenvalue weighted by Crippen LogP contribution is -2.56. The maximum Gasteiger partial charge on any atom is 0.411 e. The summed E-state index contributed by atoms with van der Waals surface area (Å²) in [5.41, 5.74) is 3.39. The zero-order chi connectivity index (χ0) is 25.2. The second kappa shape index (κ2) is 10.1. The molecule has 2 aliphatic heterocycles. The molecule has 1 N–H and O–H groups in total. The van der Waals surface area contributed by atoms with Crippen LogP contribution in [0.4, 0.5) is 10.5 Å². The molecule has 7 heteroatoms. The van der Waals surface area contributed by atoms with E-state index in [0.717, 1.165) is 22.4 Å². The number of nitrogens with zero attached hydrogens (tertiary/aromatic N) is 2. The molecule has 35 heavy (non-hydrogen) atoms. The fourth-order valence-corrected chi connectivity index (χ4v) is 4.71. The second-order valence-electron chi connectivity index (χ2n) is 10.6. The van der Waals surface area contributed by atoms with E-state index in [1.165, 1.54) is 0 Å². The van der Waals surface area contributed by atoms with E-state index >= 15 is 0 Å². The maximum atomic E-state index is 13.6. The van der Waals surface area contributed by atoms with E-state index in [-0.39, 0.29) is 17.7 Å². The standard InChI is InChI=1S/C28H35N3O4/c1-19-9-11-23(12-10-19)29-25(32)20-13-15-30(16-14-20)26(33)24-17-21-7-5-6-8-22(21)18-31(24)27(34)35-28(2,3)4/h5-12,20,24H,13-18H2,1-4H3,(H,29,32). The Morgan fingerprint density at radius 3 is 2.20 bits per heavy atom. The van der Waals surface area contributed by atoms with Gasteiger partial charge in [0.15, 0.2) is 0 Å². The SMILES string of the molecule is Cc1ccc(NC(=O)C2CCN(C(=O)C3Cc4ccccc4CN3C(=O)OC(C)(C)C)CC2)cc1. The van der Waals surface area contributed by atoms with Crippen LogP contribution in [0.2, 0.25) is 0 Å². The second-order valence-corrected chi connectivity index (χ2v) is 10.6. The summed E-state index contributed by atoms with van der Waals surface area (Å²) in [6.45, 7) is 8.81.